The van der Waals surface area contributed by atoms with Gasteiger partial charge in [-0.3, -0.25) is 14.4 Å². The van der Waals surface area contributed by atoms with Crippen molar-refractivity contribution in [1.82, 2.24) is 0 Å². The van der Waals surface area contributed by atoms with Crippen molar-refractivity contribution in [2.24, 2.45) is 0 Å². The highest BCUT2D eigenvalue weighted by Crippen LogP contribution is 2.18. The molecule has 0 fully saturated rings. The molecule has 1 unspecified atom stereocenters. The quantitative estimate of drug-likeness (QED) is 0.0261. The Kier molecular flexibility index (Phi) is 63.2. The van der Waals surface area contributed by atoms with Crippen LogP contribution >= 0.6 is 0 Å². The second-order valence-electron chi connectivity index (χ2n) is 22.7. The SMILES string of the molecule is CC/C=C\C/C=C\C/C=C\CCCCCCCC(=O)OCC(COC(=O)CCCCCCCCCCCCCCCCCCCCCCCCCCC)OC(=O)CCCCCCCCCCC/C=C\C/C=C\CCCCC. The van der Waals surface area contributed by atoms with Crippen molar-refractivity contribution in [3.05, 3.63) is 60.8 Å². The van der Waals surface area contributed by atoms with Gasteiger partial charge < -0.3 is 14.2 Å². The van der Waals surface area contributed by atoms with E-state index in [-0.39, 0.29) is 31.1 Å². The van der Waals surface area contributed by atoms with Crippen LogP contribution in [0.4, 0.5) is 0 Å². The first-order valence-electron chi connectivity index (χ1n) is 33.8. The fourth-order valence-corrected chi connectivity index (χ4v) is 9.96. The molecule has 1 atom stereocenters. The van der Waals surface area contributed by atoms with Crippen molar-refractivity contribution in [2.45, 2.75) is 361 Å². The van der Waals surface area contributed by atoms with E-state index >= 15 is 0 Å². The molecule has 6 nitrogen and oxygen atoms in total. The Morgan fingerprint density at radius 3 is 0.818 bits per heavy atom. The van der Waals surface area contributed by atoms with E-state index < -0.39 is 6.10 Å². The van der Waals surface area contributed by atoms with Crippen molar-refractivity contribution >= 4 is 17.9 Å². The second-order valence-corrected chi connectivity index (χ2v) is 22.7. The Morgan fingerprint density at radius 1 is 0.273 bits per heavy atom. The number of hydrogen-bond donors (Lipinski definition) is 0. The third-order valence-corrected chi connectivity index (χ3v) is 15.0. The summed E-state index contributed by atoms with van der Waals surface area (Å²) >= 11 is 0. The number of rotatable bonds is 62. The Labute approximate surface area is 479 Å². The van der Waals surface area contributed by atoms with Crippen molar-refractivity contribution < 1.29 is 28.6 Å². The lowest BCUT2D eigenvalue weighted by atomic mass is 10.0. The number of carbonyl (C=O) groups excluding carboxylic acids is 3. The average Bonchev–Trinajstić information content (AvgIpc) is 3.43. The smallest absolute Gasteiger partial charge is 0.306 e. The van der Waals surface area contributed by atoms with Gasteiger partial charge in [-0.1, -0.05) is 313 Å². The molecular weight excluding hydrogens is 949 g/mol. The van der Waals surface area contributed by atoms with Gasteiger partial charge in [0, 0.05) is 19.3 Å². The van der Waals surface area contributed by atoms with Crippen molar-refractivity contribution in [1.29, 1.82) is 0 Å². The predicted octanol–water partition coefficient (Wildman–Crippen LogP) is 23.1. The van der Waals surface area contributed by atoms with Crippen LogP contribution in [0.15, 0.2) is 60.8 Å². The molecule has 77 heavy (non-hydrogen) atoms. The van der Waals surface area contributed by atoms with Gasteiger partial charge in [0.2, 0.25) is 0 Å². The van der Waals surface area contributed by atoms with Crippen molar-refractivity contribution in [3.63, 3.8) is 0 Å². The van der Waals surface area contributed by atoms with Gasteiger partial charge in [0.05, 0.1) is 0 Å². The number of esters is 3. The molecular formula is C71H128O6. The molecule has 0 aromatic heterocycles. The van der Waals surface area contributed by atoms with Crippen molar-refractivity contribution in [3.8, 4) is 0 Å². The summed E-state index contributed by atoms with van der Waals surface area (Å²) in [6.45, 7) is 6.54. The summed E-state index contributed by atoms with van der Waals surface area (Å²) in [6, 6.07) is 0. The third kappa shape index (κ3) is 63.8. The Morgan fingerprint density at radius 2 is 0.506 bits per heavy atom. The van der Waals surface area contributed by atoms with Gasteiger partial charge in [-0.05, 0) is 83.5 Å². The van der Waals surface area contributed by atoms with E-state index in [4.69, 9.17) is 14.2 Å². The zero-order chi connectivity index (χ0) is 55.7. The molecule has 0 aliphatic carbocycles. The van der Waals surface area contributed by atoms with Crippen LogP contribution in [-0.2, 0) is 28.6 Å². The van der Waals surface area contributed by atoms with E-state index in [1.807, 2.05) is 0 Å². The lowest BCUT2D eigenvalue weighted by Gasteiger charge is -2.18. The highest BCUT2D eigenvalue weighted by molar-refractivity contribution is 5.71. The summed E-state index contributed by atoms with van der Waals surface area (Å²) < 4.78 is 17.0. The molecule has 0 radical (unpaired) electrons. The Balaban J connectivity index is 4.29. The highest BCUT2D eigenvalue weighted by Gasteiger charge is 2.19. The van der Waals surface area contributed by atoms with Gasteiger partial charge in [0.1, 0.15) is 13.2 Å². The lowest BCUT2D eigenvalue weighted by Crippen LogP contribution is -2.30. The lowest BCUT2D eigenvalue weighted by molar-refractivity contribution is -0.167. The van der Waals surface area contributed by atoms with Crippen LogP contribution in [-0.4, -0.2) is 37.2 Å². The fraction of sp³-hybridized carbons (Fsp3) is 0.817. The maximum Gasteiger partial charge on any atom is 0.306 e. The number of hydrogen-bond acceptors (Lipinski definition) is 6. The first-order valence-corrected chi connectivity index (χ1v) is 33.8. The van der Waals surface area contributed by atoms with Crippen LogP contribution in [0.3, 0.4) is 0 Å². The first-order chi connectivity index (χ1) is 38.0. The minimum Gasteiger partial charge on any atom is -0.462 e. The molecule has 448 valence electrons. The zero-order valence-corrected chi connectivity index (χ0v) is 51.5. The molecule has 0 aromatic carbocycles. The average molecular weight is 1080 g/mol. The normalized spacial score (nSPS) is 12.4. The van der Waals surface area contributed by atoms with E-state index in [1.165, 1.54) is 212 Å². The van der Waals surface area contributed by atoms with Crippen LogP contribution in [0.25, 0.3) is 0 Å². The van der Waals surface area contributed by atoms with Gasteiger partial charge >= 0.3 is 17.9 Å². The fourth-order valence-electron chi connectivity index (χ4n) is 9.96. The second kappa shape index (κ2) is 65.6. The molecule has 0 aromatic rings. The van der Waals surface area contributed by atoms with E-state index in [9.17, 15) is 14.4 Å². The molecule has 0 saturated carbocycles. The van der Waals surface area contributed by atoms with Crippen LogP contribution in [0.2, 0.25) is 0 Å². The number of unbranched alkanes of at least 4 members (excludes halogenated alkanes) is 41. The summed E-state index contributed by atoms with van der Waals surface area (Å²) in [5.41, 5.74) is 0. The molecule has 0 amide bonds. The summed E-state index contributed by atoms with van der Waals surface area (Å²) in [5.74, 6) is -0.879. The van der Waals surface area contributed by atoms with Gasteiger partial charge in [0.25, 0.3) is 0 Å². The molecule has 0 saturated heterocycles. The van der Waals surface area contributed by atoms with E-state index in [0.29, 0.717) is 19.3 Å². The monoisotopic (exact) mass is 1080 g/mol. The minimum atomic E-state index is -0.784. The minimum absolute atomic E-state index is 0.0782. The number of ether oxygens (including phenoxy) is 3. The molecule has 0 heterocycles. The summed E-state index contributed by atoms with van der Waals surface area (Å²) in [6.07, 6.45) is 83.8. The predicted molar refractivity (Wildman–Crippen MR) is 335 cm³/mol. The summed E-state index contributed by atoms with van der Waals surface area (Å²) in [7, 11) is 0. The first kappa shape index (κ1) is 74.1. The number of allylic oxidation sites excluding steroid dienone is 10. The maximum atomic E-state index is 12.9. The van der Waals surface area contributed by atoms with Gasteiger partial charge in [0.15, 0.2) is 6.10 Å². The third-order valence-electron chi connectivity index (χ3n) is 15.0. The molecule has 6 heteroatoms. The summed E-state index contributed by atoms with van der Waals surface area (Å²) in [4.78, 5) is 38.4. The van der Waals surface area contributed by atoms with Gasteiger partial charge in [-0.2, -0.15) is 0 Å². The van der Waals surface area contributed by atoms with E-state index in [0.717, 1.165) is 103 Å². The maximum absolute atomic E-state index is 12.9. The Hall–Kier alpha value is -2.89. The molecule has 0 aliphatic rings. The molecule has 0 spiro atoms. The zero-order valence-electron chi connectivity index (χ0n) is 51.5. The number of carbonyl (C=O) groups is 3. The molecule has 0 rings (SSSR count). The van der Waals surface area contributed by atoms with Crippen molar-refractivity contribution in [2.75, 3.05) is 13.2 Å². The molecule has 0 bridgehead atoms. The van der Waals surface area contributed by atoms with Crippen LogP contribution in [0.1, 0.15) is 355 Å². The van der Waals surface area contributed by atoms with E-state index in [1.54, 1.807) is 0 Å². The highest BCUT2D eigenvalue weighted by atomic mass is 16.6. The molecule has 0 N–H and O–H groups in total. The topological polar surface area (TPSA) is 78.9 Å². The van der Waals surface area contributed by atoms with Gasteiger partial charge in [-0.25, -0.2) is 0 Å². The molecule has 0 aliphatic heterocycles. The van der Waals surface area contributed by atoms with E-state index in [2.05, 4.69) is 81.5 Å². The van der Waals surface area contributed by atoms with Crippen LogP contribution in [0, 0.1) is 0 Å². The summed E-state index contributed by atoms with van der Waals surface area (Å²) in [5, 5.41) is 0. The van der Waals surface area contributed by atoms with Crippen LogP contribution < -0.4 is 0 Å². The van der Waals surface area contributed by atoms with Gasteiger partial charge in [-0.15, -0.1) is 0 Å². The standard InChI is InChI=1S/C71H128O6/c1-4-7-10-13-16-19-22-25-28-30-32-33-34-35-36-37-39-40-43-46-49-52-55-58-61-64-70(73)76-67-68(66-75-69(72)63-60-57-54-51-48-45-42-27-24-21-18-15-12-9-6-3)77-71(74)65-62-59-56-53-50-47-44-41-38-31-29-26-23-20-17-14-11-8-5-2/h9,12,17-18,20-21,26-27,29,42,68H,4-8,10-11,13-16,19,22-25,28,30-41,43-67H2,1-3H3/b12-9-,20-17-,21-18-,29-26-,42-27-. The van der Waals surface area contributed by atoms with Crippen LogP contribution in [0.5, 0.6) is 0 Å². The largest absolute Gasteiger partial charge is 0.462 e. The Bertz CT molecular complexity index is 1380.